The first kappa shape index (κ1) is 12.3. The van der Waals surface area contributed by atoms with Crippen LogP contribution in [0, 0.1) is 6.92 Å². The molecule has 1 N–H and O–H groups in total. The zero-order valence-corrected chi connectivity index (χ0v) is 11.1. The van der Waals surface area contributed by atoms with Crippen molar-refractivity contribution in [3.8, 4) is 0 Å². The minimum Gasteiger partial charge on any atom is -0.375 e. The van der Waals surface area contributed by atoms with Gasteiger partial charge in [-0.2, -0.15) is 0 Å². The molecular formula is C16H18N2O. The average molecular weight is 254 g/mol. The Kier molecular flexibility index (Phi) is 3.58. The largest absolute Gasteiger partial charge is 0.375 e. The highest BCUT2D eigenvalue weighted by Crippen LogP contribution is 2.24. The molecule has 0 fully saturated rings. The summed E-state index contributed by atoms with van der Waals surface area (Å²) in [4.78, 5) is 4.18. The quantitative estimate of drug-likeness (QED) is 0.914. The zero-order valence-electron chi connectivity index (χ0n) is 11.1. The molecule has 2 aromatic rings. The van der Waals surface area contributed by atoms with Crippen LogP contribution in [0.25, 0.3) is 0 Å². The predicted molar refractivity (Wildman–Crippen MR) is 74.7 cm³/mol. The van der Waals surface area contributed by atoms with Crippen LogP contribution >= 0.6 is 0 Å². The molecule has 1 atom stereocenters. The highest BCUT2D eigenvalue weighted by Gasteiger charge is 2.19. The summed E-state index contributed by atoms with van der Waals surface area (Å²) in [5, 5.41) is 3.57. The summed E-state index contributed by atoms with van der Waals surface area (Å²) in [7, 11) is 0. The summed E-state index contributed by atoms with van der Waals surface area (Å²) in [5.41, 5.74) is 5.16. The predicted octanol–water partition coefficient (Wildman–Crippen LogP) is 2.75. The monoisotopic (exact) mass is 254 g/mol. The fourth-order valence-corrected chi connectivity index (χ4v) is 2.47. The van der Waals surface area contributed by atoms with Crippen molar-refractivity contribution in [3.05, 3.63) is 65.0 Å². The highest BCUT2D eigenvalue weighted by atomic mass is 16.5. The van der Waals surface area contributed by atoms with Gasteiger partial charge in [0.25, 0.3) is 0 Å². The first-order valence-corrected chi connectivity index (χ1v) is 6.63. The Balaban J connectivity index is 1.73. The Bertz CT molecular complexity index is 568. The number of rotatable bonds is 3. The number of nitrogens with one attached hydrogen (secondary N) is 1. The van der Waals surface area contributed by atoms with Crippen molar-refractivity contribution in [3.63, 3.8) is 0 Å². The van der Waals surface area contributed by atoms with Crippen molar-refractivity contribution >= 4 is 0 Å². The number of hydrogen-bond donors (Lipinski definition) is 1. The lowest BCUT2D eigenvalue weighted by atomic mass is 9.99. The fraction of sp³-hybridized carbons (Fsp3) is 0.312. The number of benzene rings is 1. The van der Waals surface area contributed by atoms with Gasteiger partial charge in [0.2, 0.25) is 0 Å². The number of nitrogens with zero attached hydrogens (tertiary/aromatic N) is 1. The number of hydrogen-bond acceptors (Lipinski definition) is 3. The maximum Gasteiger partial charge on any atom is 0.0721 e. The van der Waals surface area contributed by atoms with Crippen molar-refractivity contribution in [2.24, 2.45) is 0 Å². The van der Waals surface area contributed by atoms with Crippen molar-refractivity contribution in [1.82, 2.24) is 10.3 Å². The zero-order chi connectivity index (χ0) is 13.1. The van der Waals surface area contributed by atoms with Crippen LogP contribution in [0.2, 0.25) is 0 Å². The summed E-state index contributed by atoms with van der Waals surface area (Å²) in [6.07, 6.45) is 3.76. The smallest absolute Gasteiger partial charge is 0.0721 e. The molecule has 0 aliphatic carbocycles. The molecule has 0 spiro atoms. The SMILES string of the molecule is Cc1ccncc1CNC1COCc2ccccc21. The normalized spacial score (nSPS) is 18.1. The Morgan fingerprint density at radius 2 is 2.21 bits per heavy atom. The van der Waals surface area contributed by atoms with Gasteiger partial charge in [0.15, 0.2) is 0 Å². The Morgan fingerprint density at radius 3 is 3.11 bits per heavy atom. The Morgan fingerprint density at radius 1 is 1.32 bits per heavy atom. The van der Waals surface area contributed by atoms with Crippen molar-refractivity contribution in [2.75, 3.05) is 6.61 Å². The van der Waals surface area contributed by atoms with Gasteiger partial charge in [-0.05, 0) is 35.2 Å². The second-order valence-electron chi connectivity index (χ2n) is 4.95. The molecule has 1 aromatic heterocycles. The molecular weight excluding hydrogens is 236 g/mol. The van der Waals surface area contributed by atoms with Crippen LogP contribution in [0.3, 0.4) is 0 Å². The van der Waals surface area contributed by atoms with E-state index in [1.54, 1.807) is 0 Å². The van der Waals surface area contributed by atoms with Gasteiger partial charge in [0, 0.05) is 18.9 Å². The molecule has 0 bridgehead atoms. The van der Waals surface area contributed by atoms with E-state index in [1.807, 2.05) is 18.5 Å². The van der Waals surface area contributed by atoms with E-state index in [-0.39, 0.29) is 6.04 Å². The molecule has 3 nitrogen and oxygen atoms in total. The average Bonchev–Trinajstić information content (AvgIpc) is 2.46. The third-order valence-corrected chi connectivity index (χ3v) is 3.66. The second kappa shape index (κ2) is 5.51. The lowest BCUT2D eigenvalue weighted by Crippen LogP contribution is -2.29. The van der Waals surface area contributed by atoms with Crippen LogP contribution in [0.4, 0.5) is 0 Å². The van der Waals surface area contributed by atoms with Gasteiger partial charge in [-0.15, -0.1) is 0 Å². The molecule has 19 heavy (non-hydrogen) atoms. The molecule has 1 aliphatic rings. The van der Waals surface area contributed by atoms with Crippen LogP contribution in [0.1, 0.15) is 28.3 Å². The summed E-state index contributed by atoms with van der Waals surface area (Å²) in [6.45, 7) is 4.39. The van der Waals surface area contributed by atoms with Crippen molar-refractivity contribution < 1.29 is 4.74 Å². The summed E-state index contributed by atoms with van der Waals surface area (Å²) in [5.74, 6) is 0. The minimum absolute atomic E-state index is 0.268. The van der Waals surface area contributed by atoms with Crippen LogP contribution < -0.4 is 5.32 Å². The number of aryl methyl sites for hydroxylation is 1. The standard InChI is InChI=1S/C16H18N2O/c1-12-6-7-17-8-14(12)9-18-16-11-19-10-13-4-2-3-5-15(13)16/h2-8,16,18H,9-11H2,1H3. The third kappa shape index (κ3) is 2.67. The van der Waals surface area contributed by atoms with Gasteiger partial charge >= 0.3 is 0 Å². The second-order valence-corrected chi connectivity index (χ2v) is 4.95. The van der Waals surface area contributed by atoms with Crippen LogP contribution in [-0.4, -0.2) is 11.6 Å². The number of aromatic nitrogens is 1. The van der Waals surface area contributed by atoms with Gasteiger partial charge in [-0.1, -0.05) is 24.3 Å². The van der Waals surface area contributed by atoms with Gasteiger partial charge in [-0.25, -0.2) is 0 Å². The van der Waals surface area contributed by atoms with E-state index in [9.17, 15) is 0 Å². The Hall–Kier alpha value is -1.71. The van der Waals surface area contributed by atoms with Crippen LogP contribution in [0.5, 0.6) is 0 Å². The van der Waals surface area contributed by atoms with E-state index < -0.39 is 0 Å². The summed E-state index contributed by atoms with van der Waals surface area (Å²) in [6, 6.07) is 10.8. The van der Waals surface area contributed by atoms with Gasteiger partial charge < -0.3 is 10.1 Å². The molecule has 1 aliphatic heterocycles. The summed E-state index contributed by atoms with van der Waals surface area (Å²) >= 11 is 0. The molecule has 3 heteroatoms. The molecule has 0 saturated carbocycles. The number of pyridine rings is 1. The Labute approximate surface area is 113 Å². The first-order valence-electron chi connectivity index (χ1n) is 6.63. The number of ether oxygens (including phenoxy) is 1. The van der Waals surface area contributed by atoms with E-state index >= 15 is 0 Å². The van der Waals surface area contributed by atoms with E-state index in [0.717, 1.165) is 19.8 Å². The maximum absolute atomic E-state index is 5.65. The molecule has 3 rings (SSSR count). The minimum atomic E-state index is 0.268. The lowest BCUT2D eigenvalue weighted by molar-refractivity contribution is 0.0816. The number of fused-ring (bicyclic) bond motifs is 1. The lowest BCUT2D eigenvalue weighted by Gasteiger charge is -2.26. The van der Waals surface area contributed by atoms with E-state index in [0.29, 0.717) is 0 Å². The molecule has 0 saturated heterocycles. The maximum atomic E-state index is 5.65. The van der Waals surface area contributed by atoms with Gasteiger partial charge in [0.1, 0.15) is 0 Å². The van der Waals surface area contributed by atoms with Crippen LogP contribution in [-0.2, 0) is 17.9 Å². The van der Waals surface area contributed by atoms with Gasteiger partial charge in [0.05, 0.1) is 19.3 Å². The third-order valence-electron chi connectivity index (χ3n) is 3.66. The van der Waals surface area contributed by atoms with E-state index in [2.05, 4.69) is 41.5 Å². The van der Waals surface area contributed by atoms with Crippen molar-refractivity contribution in [2.45, 2.75) is 26.1 Å². The van der Waals surface area contributed by atoms with E-state index in [4.69, 9.17) is 4.74 Å². The van der Waals surface area contributed by atoms with Gasteiger partial charge in [-0.3, -0.25) is 4.98 Å². The topological polar surface area (TPSA) is 34.2 Å². The van der Waals surface area contributed by atoms with Crippen LogP contribution in [0.15, 0.2) is 42.7 Å². The molecule has 1 aromatic carbocycles. The molecule has 0 amide bonds. The first-order chi connectivity index (χ1) is 9.34. The fourth-order valence-electron chi connectivity index (χ4n) is 2.47. The van der Waals surface area contributed by atoms with Crippen molar-refractivity contribution in [1.29, 1.82) is 0 Å². The van der Waals surface area contributed by atoms with E-state index in [1.165, 1.54) is 22.3 Å². The highest BCUT2D eigenvalue weighted by molar-refractivity contribution is 5.31. The molecule has 0 radical (unpaired) electrons. The molecule has 2 heterocycles. The molecule has 98 valence electrons. The summed E-state index contributed by atoms with van der Waals surface area (Å²) < 4.78 is 5.65. The molecule has 1 unspecified atom stereocenters.